The Bertz CT molecular complexity index is 593. The van der Waals surface area contributed by atoms with E-state index >= 15 is 0 Å². The van der Waals surface area contributed by atoms with Crippen molar-refractivity contribution in [2.75, 3.05) is 23.3 Å². The Morgan fingerprint density at radius 3 is 2.33 bits per heavy atom. The minimum atomic E-state index is 0.462. The van der Waals surface area contributed by atoms with Gasteiger partial charge in [-0.15, -0.1) is 0 Å². The molecule has 1 aliphatic rings. The van der Waals surface area contributed by atoms with Crippen molar-refractivity contribution >= 4 is 34.6 Å². The molecule has 110 valence electrons. The molecule has 0 atom stereocenters. The molecule has 0 amide bonds. The van der Waals surface area contributed by atoms with E-state index in [1.165, 1.54) is 5.69 Å². The van der Waals surface area contributed by atoms with Crippen LogP contribution in [0.3, 0.4) is 0 Å². The number of halogens is 2. The lowest BCUT2D eigenvalue weighted by Gasteiger charge is -2.34. The minimum Gasteiger partial charge on any atom is -0.381 e. The quantitative estimate of drug-likeness (QED) is 0.848. The molecule has 2 nitrogen and oxygen atoms in total. The van der Waals surface area contributed by atoms with Crippen molar-refractivity contribution in [3.8, 4) is 0 Å². The highest BCUT2D eigenvalue weighted by Crippen LogP contribution is 2.28. The summed E-state index contributed by atoms with van der Waals surface area (Å²) in [6, 6.07) is 16.6. The van der Waals surface area contributed by atoms with Crippen molar-refractivity contribution in [1.29, 1.82) is 0 Å². The molecule has 0 unspecified atom stereocenters. The molecule has 0 spiro atoms. The van der Waals surface area contributed by atoms with E-state index in [1.807, 2.05) is 12.1 Å². The van der Waals surface area contributed by atoms with Crippen LogP contribution >= 0.6 is 23.2 Å². The second-order valence-corrected chi connectivity index (χ2v) is 6.21. The maximum absolute atomic E-state index is 6.22. The Morgan fingerprint density at radius 1 is 0.952 bits per heavy atom. The Morgan fingerprint density at radius 2 is 1.67 bits per heavy atom. The summed E-state index contributed by atoms with van der Waals surface area (Å²) in [6.45, 7) is 2.12. The van der Waals surface area contributed by atoms with Gasteiger partial charge in [0.25, 0.3) is 0 Å². The summed E-state index contributed by atoms with van der Waals surface area (Å²) in [5.74, 6) is 0. The SMILES string of the molecule is Clc1ccc(NC2CCN(c3ccccc3)CC2)c(Cl)c1. The second-order valence-electron chi connectivity index (χ2n) is 5.37. The zero-order valence-corrected chi connectivity index (χ0v) is 13.2. The Balaban J connectivity index is 1.59. The van der Waals surface area contributed by atoms with Crippen molar-refractivity contribution in [2.45, 2.75) is 18.9 Å². The van der Waals surface area contributed by atoms with Gasteiger partial charge in [0, 0.05) is 29.8 Å². The fraction of sp³-hybridized carbons (Fsp3) is 0.294. The highest BCUT2D eigenvalue weighted by Gasteiger charge is 2.19. The summed E-state index contributed by atoms with van der Waals surface area (Å²) >= 11 is 12.1. The van der Waals surface area contributed by atoms with Crippen molar-refractivity contribution < 1.29 is 0 Å². The van der Waals surface area contributed by atoms with Crippen LogP contribution in [-0.4, -0.2) is 19.1 Å². The molecule has 1 aliphatic heterocycles. The highest BCUT2D eigenvalue weighted by molar-refractivity contribution is 6.36. The third-order valence-corrected chi connectivity index (χ3v) is 4.45. The molecular formula is C17H18Cl2N2. The van der Waals surface area contributed by atoms with Crippen LogP contribution in [0.5, 0.6) is 0 Å². The van der Waals surface area contributed by atoms with Gasteiger partial charge < -0.3 is 10.2 Å². The van der Waals surface area contributed by atoms with E-state index in [9.17, 15) is 0 Å². The minimum absolute atomic E-state index is 0.462. The third kappa shape index (κ3) is 3.63. The first-order chi connectivity index (χ1) is 10.2. The molecule has 0 aliphatic carbocycles. The average Bonchev–Trinajstić information content (AvgIpc) is 2.52. The Kier molecular flexibility index (Phi) is 4.57. The van der Waals surface area contributed by atoms with E-state index in [0.717, 1.165) is 31.6 Å². The van der Waals surface area contributed by atoms with Crippen LogP contribution < -0.4 is 10.2 Å². The van der Waals surface area contributed by atoms with Crippen molar-refractivity contribution in [2.24, 2.45) is 0 Å². The van der Waals surface area contributed by atoms with Gasteiger partial charge >= 0.3 is 0 Å². The number of para-hydroxylation sites is 1. The molecule has 1 N–H and O–H groups in total. The van der Waals surface area contributed by atoms with E-state index < -0.39 is 0 Å². The normalized spacial score (nSPS) is 16.0. The molecular weight excluding hydrogens is 303 g/mol. The predicted octanol–water partition coefficient (Wildman–Crippen LogP) is 5.07. The number of piperidine rings is 1. The molecule has 4 heteroatoms. The molecule has 21 heavy (non-hydrogen) atoms. The monoisotopic (exact) mass is 320 g/mol. The van der Waals surface area contributed by atoms with Crippen LogP contribution in [0.25, 0.3) is 0 Å². The van der Waals surface area contributed by atoms with Crippen LogP contribution in [0.1, 0.15) is 12.8 Å². The number of anilines is 2. The lowest BCUT2D eigenvalue weighted by Crippen LogP contribution is -2.39. The van der Waals surface area contributed by atoms with E-state index in [1.54, 1.807) is 6.07 Å². The fourth-order valence-electron chi connectivity index (χ4n) is 2.75. The summed E-state index contributed by atoms with van der Waals surface area (Å²) in [5, 5.41) is 4.89. The van der Waals surface area contributed by atoms with Gasteiger partial charge in [0.2, 0.25) is 0 Å². The molecule has 2 aromatic rings. The third-order valence-electron chi connectivity index (χ3n) is 3.91. The van der Waals surface area contributed by atoms with Gasteiger partial charge in [0.15, 0.2) is 0 Å². The molecule has 0 aromatic heterocycles. The van der Waals surface area contributed by atoms with Gasteiger partial charge in [-0.3, -0.25) is 0 Å². The summed E-state index contributed by atoms with van der Waals surface area (Å²) in [6.07, 6.45) is 2.21. The van der Waals surface area contributed by atoms with Crippen LogP contribution in [-0.2, 0) is 0 Å². The van der Waals surface area contributed by atoms with Crippen LogP contribution in [0, 0.1) is 0 Å². The molecule has 2 aromatic carbocycles. The van der Waals surface area contributed by atoms with Crippen LogP contribution in [0.4, 0.5) is 11.4 Å². The lowest BCUT2D eigenvalue weighted by molar-refractivity contribution is 0.527. The second kappa shape index (κ2) is 6.59. The van der Waals surface area contributed by atoms with Crippen LogP contribution in [0.2, 0.25) is 10.0 Å². The molecule has 0 radical (unpaired) electrons. The summed E-state index contributed by atoms with van der Waals surface area (Å²) < 4.78 is 0. The van der Waals surface area contributed by atoms with Gasteiger partial charge in [-0.2, -0.15) is 0 Å². The number of hydrogen-bond donors (Lipinski definition) is 1. The van der Waals surface area contributed by atoms with E-state index in [0.29, 0.717) is 16.1 Å². The van der Waals surface area contributed by atoms with Gasteiger partial charge in [-0.1, -0.05) is 41.4 Å². The maximum Gasteiger partial charge on any atom is 0.0652 e. The van der Waals surface area contributed by atoms with Crippen LogP contribution in [0.15, 0.2) is 48.5 Å². The molecule has 1 fully saturated rings. The molecule has 1 saturated heterocycles. The first-order valence-electron chi connectivity index (χ1n) is 7.24. The summed E-state index contributed by atoms with van der Waals surface area (Å²) in [7, 11) is 0. The summed E-state index contributed by atoms with van der Waals surface area (Å²) in [5.41, 5.74) is 2.28. The first-order valence-corrected chi connectivity index (χ1v) is 7.99. The highest BCUT2D eigenvalue weighted by atomic mass is 35.5. The summed E-state index contributed by atoms with van der Waals surface area (Å²) in [4.78, 5) is 2.43. The average molecular weight is 321 g/mol. The van der Waals surface area contributed by atoms with E-state index in [4.69, 9.17) is 23.2 Å². The standard InChI is InChI=1S/C17H18Cl2N2/c18-13-6-7-17(16(19)12-13)20-14-8-10-21(11-9-14)15-4-2-1-3-5-15/h1-7,12,14,20H,8-11H2. The van der Waals surface area contributed by atoms with Gasteiger partial charge in [0.1, 0.15) is 0 Å². The van der Waals surface area contributed by atoms with Gasteiger partial charge in [-0.05, 0) is 43.2 Å². The van der Waals surface area contributed by atoms with Crippen molar-refractivity contribution in [3.05, 3.63) is 58.6 Å². The Labute approximate surface area is 135 Å². The fourth-order valence-corrected chi connectivity index (χ4v) is 3.21. The van der Waals surface area contributed by atoms with Crippen molar-refractivity contribution in [3.63, 3.8) is 0 Å². The molecule has 1 heterocycles. The number of nitrogens with zero attached hydrogens (tertiary/aromatic N) is 1. The topological polar surface area (TPSA) is 15.3 Å². The zero-order valence-electron chi connectivity index (χ0n) is 11.7. The van der Waals surface area contributed by atoms with Gasteiger partial charge in [0.05, 0.1) is 10.7 Å². The molecule has 0 saturated carbocycles. The number of benzene rings is 2. The lowest BCUT2D eigenvalue weighted by atomic mass is 10.0. The van der Waals surface area contributed by atoms with E-state index in [2.05, 4.69) is 40.5 Å². The van der Waals surface area contributed by atoms with Gasteiger partial charge in [-0.25, -0.2) is 0 Å². The molecule has 0 bridgehead atoms. The molecule has 3 rings (SSSR count). The number of nitrogens with one attached hydrogen (secondary N) is 1. The smallest absolute Gasteiger partial charge is 0.0652 e. The number of rotatable bonds is 3. The Hall–Kier alpha value is -1.38. The predicted molar refractivity (Wildman–Crippen MR) is 91.8 cm³/mol. The number of hydrogen-bond acceptors (Lipinski definition) is 2. The first kappa shape index (κ1) is 14.6. The maximum atomic E-state index is 6.22. The zero-order chi connectivity index (χ0) is 14.7. The van der Waals surface area contributed by atoms with E-state index in [-0.39, 0.29) is 0 Å². The largest absolute Gasteiger partial charge is 0.381 e. The van der Waals surface area contributed by atoms with Crippen molar-refractivity contribution in [1.82, 2.24) is 0 Å².